The molecular weight excluding hydrogens is 354 g/mol. The van der Waals surface area contributed by atoms with Crippen LogP contribution in [0.15, 0.2) is 52.0 Å². The van der Waals surface area contributed by atoms with Gasteiger partial charge < -0.3 is 4.52 Å². The van der Waals surface area contributed by atoms with E-state index in [0.29, 0.717) is 4.31 Å². The molecule has 7 nitrogen and oxygen atoms in total. The number of carbonyl (C=O) groups excluding carboxylic acids is 1. The van der Waals surface area contributed by atoms with Gasteiger partial charge in [-0.25, -0.2) is 12.7 Å². The number of hydrogen-bond acceptors (Lipinski definition) is 6. The minimum atomic E-state index is -4.04. The van der Waals surface area contributed by atoms with Crippen molar-refractivity contribution in [2.75, 3.05) is 7.05 Å². The van der Waals surface area contributed by atoms with Crippen molar-refractivity contribution in [1.29, 1.82) is 0 Å². The Kier molecular flexibility index (Phi) is 4.60. The quantitative estimate of drug-likeness (QED) is 0.655. The zero-order valence-electron chi connectivity index (χ0n) is 14.5. The highest BCUT2D eigenvalue weighted by molar-refractivity contribution is 7.89. The third kappa shape index (κ3) is 3.11. The summed E-state index contributed by atoms with van der Waals surface area (Å²) in [5.74, 6) is -0.540. The first-order chi connectivity index (χ1) is 12.3. The fourth-order valence-corrected chi connectivity index (χ4v) is 4.01. The number of amides is 1. The average Bonchev–Trinajstić information content (AvgIpc) is 2.98. The van der Waals surface area contributed by atoms with Crippen molar-refractivity contribution in [2.45, 2.75) is 18.7 Å². The van der Waals surface area contributed by atoms with E-state index >= 15 is 0 Å². The van der Waals surface area contributed by atoms with Gasteiger partial charge >= 0.3 is 0 Å². The van der Waals surface area contributed by atoms with Crippen LogP contribution in [0.3, 0.4) is 0 Å². The summed E-state index contributed by atoms with van der Waals surface area (Å²) in [7, 11) is -2.84. The molecule has 0 bridgehead atoms. The maximum Gasteiger partial charge on any atom is 0.271 e. The molecule has 0 radical (unpaired) electrons. The van der Waals surface area contributed by atoms with E-state index in [1.54, 1.807) is 12.3 Å². The van der Waals surface area contributed by atoms with Gasteiger partial charge in [-0.2, -0.15) is 0 Å². The van der Waals surface area contributed by atoms with Crippen LogP contribution in [0.25, 0.3) is 17.0 Å². The van der Waals surface area contributed by atoms with Crippen molar-refractivity contribution >= 4 is 32.9 Å². The van der Waals surface area contributed by atoms with Crippen LogP contribution in [-0.4, -0.2) is 35.8 Å². The van der Waals surface area contributed by atoms with Crippen LogP contribution in [0.4, 0.5) is 0 Å². The van der Waals surface area contributed by atoms with Crippen LogP contribution in [-0.2, 0) is 14.8 Å². The Bertz CT molecular complexity index is 1090. The minimum absolute atomic E-state index is 0.0893. The zero-order valence-corrected chi connectivity index (χ0v) is 15.3. The molecule has 1 amide bonds. The van der Waals surface area contributed by atoms with Crippen molar-refractivity contribution in [1.82, 2.24) is 14.4 Å². The number of aryl methyl sites for hydroxylation is 2. The number of sulfonamides is 1. The van der Waals surface area contributed by atoms with Crippen LogP contribution in [0.5, 0.6) is 0 Å². The number of pyridine rings is 1. The first-order valence-corrected chi connectivity index (χ1v) is 9.24. The molecule has 0 saturated heterocycles. The van der Waals surface area contributed by atoms with E-state index in [2.05, 4.69) is 10.1 Å². The normalized spacial score (nSPS) is 12.0. The van der Waals surface area contributed by atoms with Gasteiger partial charge in [0.15, 0.2) is 10.7 Å². The van der Waals surface area contributed by atoms with Gasteiger partial charge in [-0.05, 0) is 26.0 Å². The van der Waals surface area contributed by atoms with Crippen molar-refractivity contribution in [3.8, 4) is 0 Å². The third-order valence-electron chi connectivity index (χ3n) is 3.97. The molecule has 1 aromatic carbocycles. The summed E-state index contributed by atoms with van der Waals surface area (Å²) >= 11 is 0. The monoisotopic (exact) mass is 371 g/mol. The van der Waals surface area contributed by atoms with Crippen LogP contribution in [0, 0.1) is 13.8 Å². The summed E-state index contributed by atoms with van der Waals surface area (Å²) in [6.45, 7) is 3.00. The van der Waals surface area contributed by atoms with E-state index in [4.69, 9.17) is 4.52 Å². The highest BCUT2D eigenvalue weighted by Crippen LogP contribution is 2.23. The smallest absolute Gasteiger partial charge is 0.271 e. The maximum absolute atomic E-state index is 12.7. The SMILES string of the molecule is Cc1noc(C)c1S(=O)(=O)N(C)C(=O)/C=C/c1cccc2cccnc12. The van der Waals surface area contributed by atoms with E-state index in [-0.39, 0.29) is 16.3 Å². The summed E-state index contributed by atoms with van der Waals surface area (Å²) in [6.07, 6.45) is 4.42. The highest BCUT2D eigenvalue weighted by atomic mass is 32.2. The van der Waals surface area contributed by atoms with E-state index in [1.807, 2.05) is 30.3 Å². The summed E-state index contributed by atoms with van der Waals surface area (Å²) in [6, 6.07) is 9.30. The molecule has 0 spiro atoms. The van der Waals surface area contributed by atoms with Crippen LogP contribution >= 0.6 is 0 Å². The lowest BCUT2D eigenvalue weighted by atomic mass is 10.1. The van der Waals surface area contributed by atoms with Crippen molar-refractivity contribution in [3.63, 3.8) is 0 Å². The maximum atomic E-state index is 12.7. The van der Waals surface area contributed by atoms with E-state index in [1.165, 1.54) is 27.0 Å². The summed E-state index contributed by atoms with van der Waals surface area (Å²) < 4.78 is 30.9. The molecule has 8 heteroatoms. The number of rotatable bonds is 4. The molecule has 0 aliphatic carbocycles. The molecule has 0 aliphatic rings. The molecule has 2 aromatic heterocycles. The molecule has 2 heterocycles. The highest BCUT2D eigenvalue weighted by Gasteiger charge is 2.30. The molecule has 0 atom stereocenters. The van der Waals surface area contributed by atoms with Crippen LogP contribution < -0.4 is 0 Å². The first kappa shape index (κ1) is 17.8. The van der Waals surface area contributed by atoms with E-state index in [0.717, 1.165) is 16.5 Å². The van der Waals surface area contributed by atoms with Gasteiger partial charge in [0.2, 0.25) is 0 Å². The van der Waals surface area contributed by atoms with Gasteiger partial charge in [0.05, 0.1) is 5.52 Å². The van der Waals surface area contributed by atoms with Crippen LogP contribution in [0.1, 0.15) is 17.0 Å². The van der Waals surface area contributed by atoms with Crippen LogP contribution in [0.2, 0.25) is 0 Å². The molecule has 0 aliphatic heterocycles. The average molecular weight is 371 g/mol. The molecule has 0 saturated carbocycles. The lowest BCUT2D eigenvalue weighted by Gasteiger charge is -2.15. The summed E-state index contributed by atoms with van der Waals surface area (Å²) in [5, 5.41) is 4.56. The van der Waals surface area contributed by atoms with Gasteiger partial charge in [-0.1, -0.05) is 29.4 Å². The molecule has 0 unspecified atom stereocenters. The molecule has 3 aromatic rings. The molecule has 0 N–H and O–H groups in total. The first-order valence-electron chi connectivity index (χ1n) is 7.80. The predicted molar refractivity (Wildman–Crippen MR) is 96.7 cm³/mol. The fraction of sp³-hybridized carbons (Fsp3) is 0.167. The van der Waals surface area contributed by atoms with Gasteiger partial charge in [0.25, 0.3) is 15.9 Å². The van der Waals surface area contributed by atoms with Gasteiger partial charge in [-0.3, -0.25) is 9.78 Å². The lowest BCUT2D eigenvalue weighted by molar-refractivity contribution is -0.120. The number of hydrogen-bond donors (Lipinski definition) is 0. The Hall–Kier alpha value is -3.00. The Labute approximate surface area is 151 Å². The van der Waals surface area contributed by atoms with Crippen molar-refractivity contribution < 1.29 is 17.7 Å². The lowest BCUT2D eigenvalue weighted by Crippen LogP contribution is -2.32. The number of fused-ring (bicyclic) bond motifs is 1. The van der Waals surface area contributed by atoms with Gasteiger partial charge in [0, 0.05) is 30.3 Å². The molecule has 134 valence electrons. The second kappa shape index (κ2) is 6.72. The second-order valence-electron chi connectivity index (χ2n) is 5.72. The summed E-state index contributed by atoms with van der Waals surface area (Å²) in [5.41, 5.74) is 1.67. The molecule has 26 heavy (non-hydrogen) atoms. The second-order valence-corrected chi connectivity index (χ2v) is 7.63. The minimum Gasteiger partial charge on any atom is -0.360 e. The number of benzene rings is 1. The summed E-state index contributed by atoms with van der Waals surface area (Å²) in [4.78, 5) is 16.6. The number of aromatic nitrogens is 2. The number of carbonyl (C=O) groups is 1. The third-order valence-corrected chi connectivity index (χ3v) is 5.97. The molecule has 3 rings (SSSR count). The van der Waals surface area contributed by atoms with E-state index < -0.39 is 15.9 Å². The molecular formula is C18H17N3O4S. The largest absolute Gasteiger partial charge is 0.360 e. The van der Waals surface area contributed by atoms with Gasteiger partial charge in [-0.15, -0.1) is 0 Å². The predicted octanol–water partition coefficient (Wildman–Crippen LogP) is 2.70. The molecule has 0 fully saturated rings. The van der Waals surface area contributed by atoms with Crippen molar-refractivity contribution in [3.05, 3.63) is 59.6 Å². The van der Waals surface area contributed by atoms with Crippen molar-refractivity contribution in [2.24, 2.45) is 0 Å². The number of likely N-dealkylation sites (N-methyl/N-ethyl adjacent to an activating group) is 1. The Morgan fingerprint density at radius 2 is 1.92 bits per heavy atom. The standard InChI is InChI=1S/C18H17N3O4S/c1-12-18(13(2)25-20-12)26(23,24)21(3)16(22)10-9-15-7-4-6-14-8-5-11-19-17(14)15/h4-11H,1-3H3/b10-9+. The Morgan fingerprint density at radius 1 is 1.19 bits per heavy atom. The number of nitrogens with zero attached hydrogens (tertiary/aromatic N) is 3. The Balaban J connectivity index is 1.91. The Morgan fingerprint density at radius 3 is 2.62 bits per heavy atom. The zero-order chi connectivity index (χ0) is 18.9. The van der Waals surface area contributed by atoms with E-state index in [9.17, 15) is 13.2 Å². The fourth-order valence-electron chi connectivity index (χ4n) is 2.63. The topological polar surface area (TPSA) is 93.4 Å². The van der Waals surface area contributed by atoms with Gasteiger partial charge in [0.1, 0.15) is 5.69 Å². The number of para-hydroxylation sites is 1.